The van der Waals surface area contributed by atoms with E-state index in [1.54, 1.807) is 39.8 Å². The predicted molar refractivity (Wildman–Crippen MR) is 101 cm³/mol. The molecule has 0 saturated carbocycles. The van der Waals surface area contributed by atoms with Crippen molar-refractivity contribution in [3.8, 4) is 11.5 Å². The summed E-state index contributed by atoms with van der Waals surface area (Å²) in [5.74, 6) is -0.546. The number of nitrogens with one attached hydrogen (secondary N) is 1. The van der Waals surface area contributed by atoms with Crippen LogP contribution in [0.4, 0.5) is 4.39 Å². The molecule has 0 atom stereocenters. The highest BCUT2D eigenvalue weighted by Gasteiger charge is 2.18. The standard InChI is InChI=1S/C20H20FN3O4/c1-11-19(26)24-18-17(23-11)15(7-8-22-18)27-13-6-5-12(14(21)10-13)9-16(25)28-20(2,3)4/h5-8,10H,9H2,1-4H3,(H,22,24,26). The number of aromatic amines is 1. The number of carbonyl (C=O) groups is 1. The SMILES string of the molecule is Cc1nc2c(Oc3ccc(CC(=O)OC(C)(C)C)c(F)c3)ccnc2[nH]c1=O. The van der Waals surface area contributed by atoms with Gasteiger partial charge in [-0.15, -0.1) is 0 Å². The van der Waals surface area contributed by atoms with Crippen LogP contribution in [0.3, 0.4) is 0 Å². The van der Waals surface area contributed by atoms with Crippen LogP contribution in [0, 0.1) is 12.7 Å². The summed E-state index contributed by atoms with van der Waals surface area (Å²) in [5, 5.41) is 0. The van der Waals surface area contributed by atoms with Crippen molar-refractivity contribution in [3.63, 3.8) is 0 Å². The van der Waals surface area contributed by atoms with Crippen molar-refractivity contribution in [1.82, 2.24) is 15.0 Å². The number of rotatable bonds is 4. The Kier molecular flexibility index (Phi) is 5.13. The summed E-state index contributed by atoms with van der Waals surface area (Å²) in [4.78, 5) is 34.4. The summed E-state index contributed by atoms with van der Waals surface area (Å²) in [6.45, 7) is 6.82. The molecule has 28 heavy (non-hydrogen) atoms. The second-order valence-corrected chi connectivity index (χ2v) is 7.28. The van der Waals surface area contributed by atoms with Crippen molar-refractivity contribution in [3.05, 3.63) is 57.9 Å². The highest BCUT2D eigenvalue weighted by atomic mass is 19.1. The average molecular weight is 385 g/mol. The van der Waals surface area contributed by atoms with Crippen molar-refractivity contribution in [2.24, 2.45) is 0 Å². The Morgan fingerprint density at radius 2 is 2.00 bits per heavy atom. The number of hydrogen-bond acceptors (Lipinski definition) is 6. The highest BCUT2D eigenvalue weighted by molar-refractivity contribution is 5.77. The molecule has 0 aliphatic carbocycles. The van der Waals surface area contributed by atoms with E-state index in [9.17, 15) is 14.0 Å². The summed E-state index contributed by atoms with van der Waals surface area (Å²) < 4.78 is 25.4. The van der Waals surface area contributed by atoms with E-state index < -0.39 is 17.4 Å². The summed E-state index contributed by atoms with van der Waals surface area (Å²) in [6, 6.07) is 5.77. The molecule has 2 heterocycles. The fourth-order valence-corrected chi connectivity index (χ4v) is 2.53. The minimum absolute atomic E-state index is 0.177. The summed E-state index contributed by atoms with van der Waals surface area (Å²) in [7, 11) is 0. The van der Waals surface area contributed by atoms with E-state index in [-0.39, 0.29) is 34.6 Å². The summed E-state index contributed by atoms with van der Waals surface area (Å²) >= 11 is 0. The predicted octanol–water partition coefficient (Wildman–Crippen LogP) is 3.44. The zero-order chi connectivity index (χ0) is 20.5. The molecule has 0 aliphatic heterocycles. The largest absolute Gasteiger partial charge is 0.460 e. The van der Waals surface area contributed by atoms with Gasteiger partial charge in [0.1, 0.15) is 28.4 Å². The zero-order valence-electron chi connectivity index (χ0n) is 16.0. The monoisotopic (exact) mass is 385 g/mol. The summed E-state index contributed by atoms with van der Waals surface area (Å²) in [5.41, 5.74) is 0.136. The van der Waals surface area contributed by atoms with Crippen molar-refractivity contribution in [1.29, 1.82) is 0 Å². The lowest BCUT2D eigenvalue weighted by Gasteiger charge is -2.19. The zero-order valence-corrected chi connectivity index (χ0v) is 16.0. The number of halogens is 1. The van der Waals surface area contributed by atoms with Gasteiger partial charge in [-0.05, 0) is 39.3 Å². The van der Waals surface area contributed by atoms with E-state index in [1.165, 1.54) is 18.3 Å². The maximum atomic E-state index is 14.4. The lowest BCUT2D eigenvalue weighted by atomic mass is 10.1. The van der Waals surface area contributed by atoms with E-state index in [0.29, 0.717) is 11.3 Å². The molecule has 1 N–H and O–H groups in total. The highest BCUT2D eigenvalue weighted by Crippen LogP contribution is 2.28. The number of hydrogen-bond donors (Lipinski definition) is 1. The maximum absolute atomic E-state index is 14.4. The van der Waals surface area contributed by atoms with Gasteiger partial charge < -0.3 is 14.5 Å². The lowest BCUT2D eigenvalue weighted by molar-refractivity contribution is -0.153. The molecule has 0 unspecified atom stereocenters. The second kappa shape index (κ2) is 7.38. The quantitative estimate of drug-likeness (QED) is 0.692. The van der Waals surface area contributed by atoms with Gasteiger partial charge in [-0.2, -0.15) is 0 Å². The molecule has 0 amide bonds. The van der Waals surface area contributed by atoms with Crippen LogP contribution in [0.1, 0.15) is 32.0 Å². The number of H-pyrrole nitrogens is 1. The van der Waals surface area contributed by atoms with Crippen molar-refractivity contribution in [2.45, 2.75) is 39.7 Å². The minimum atomic E-state index is -0.634. The first-order valence-electron chi connectivity index (χ1n) is 8.66. The molecule has 8 heteroatoms. The third kappa shape index (κ3) is 4.51. The molecule has 0 saturated heterocycles. The number of ether oxygens (including phenoxy) is 2. The molecule has 0 fully saturated rings. The minimum Gasteiger partial charge on any atom is -0.460 e. The van der Waals surface area contributed by atoms with Crippen LogP contribution in [-0.4, -0.2) is 26.5 Å². The number of aromatic nitrogens is 3. The molecule has 3 rings (SSSR count). The topological polar surface area (TPSA) is 94.2 Å². The Bertz CT molecular complexity index is 1100. The normalized spacial score (nSPS) is 11.5. The molecule has 3 aromatic rings. The number of benzene rings is 1. The van der Waals surface area contributed by atoms with Crippen molar-refractivity contribution in [2.75, 3.05) is 0 Å². The van der Waals surface area contributed by atoms with Crippen molar-refractivity contribution >= 4 is 17.1 Å². The Balaban J connectivity index is 1.84. The fourth-order valence-electron chi connectivity index (χ4n) is 2.53. The first-order valence-corrected chi connectivity index (χ1v) is 8.66. The molecule has 2 aromatic heterocycles. The van der Waals surface area contributed by atoms with Crippen LogP contribution >= 0.6 is 0 Å². The van der Waals surface area contributed by atoms with Crippen LogP contribution in [-0.2, 0) is 16.0 Å². The fraction of sp³-hybridized carbons (Fsp3) is 0.300. The Labute approximate surface area is 160 Å². The van der Waals surface area contributed by atoms with Crippen LogP contribution in [0.15, 0.2) is 35.3 Å². The molecular weight excluding hydrogens is 365 g/mol. The van der Waals surface area contributed by atoms with Gasteiger partial charge >= 0.3 is 5.97 Å². The molecule has 0 radical (unpaired) electrons. The molecule has 0 spiro atoms. The molecule has 146 valence electrons. The van der Waals surface area contributed by atoms with Gasteiger partial charge in [0.05, 0.1) is 6.42 Å². The Hall–Kier alpha value is -3.29. The van der Waals surface area contributed by atoms with E-state index in [0.717, 1.165) is 0 Å². The first-order chi connectivity index (χ1) is 13.1. The number of esters is 1. The van der Waals surface area contributed by atoms with Gasteiger partial charge in [-0.25, -0.2) is 14.4 Å². The molecule has 1 aromatic carbocycles. The van der Waals surface area contributed by atoms with E-state index >= 15 is 0 Å². The van der Waals surface area contributed by atoms with Crippen molar-refractivity contribution < 1.29 is 18.7 Å². The van der Waals surface area contributed by atoms with E-state index in [2.05, 4.69) is 15.0 Å². The molecule has 0 bridgehead atoms. The van der Waals surface area contributed by atoms with Gasteiger partial charge in [0, 0.05) is 18.3 Å². The Morgan fingerprint density at radius 3 is 2.68 bits per heavy atom. The van der Waals surface area contributed by atoms with Gasteiger partial charge in [-0.3, -0.25) is 9.59 Å². The molecular formula is C20H20FN3O4. The van der Waals surface area contributed by atoms with Crippen LogP contribution in [0.25, 0.3) is 11.2 Å². The number of fused-ring (bicyclic) bond motifs is 1. The number of aryl methyl sites for hydroxylation is 1. The average Bonchev–Trinajstić information content (AvgIpc) is 2.57. The second-order valence-electron chi connectivity index (χ2n) is 7.28. The smallest absolute Gasteiger partial charge is 0.310 e. The number of carbonyl (C=O) groups excluding carboxylic acids is 1. The lowest BCUT2D eigenvalue weighted by Crippen LogP contribution is -2.25. The van der Waals surface area contributed by atoms with E-state index in [1.807, 2.05) is 0 Å². The molecule has 0 aliphatic rings. The van der Waals surface area contributed by atoms with E-state index in [4.69, 9.17) is 9.47 Å². The molecule has 7 nitrogen and oxygen atoms in total. The van der Waals surface area contributed by atoms with Crippen LogP contribution < -0.4 is 10.3 Å². The van der Waals surface area contributed by atoms with Crippen LogP contribution in [0.2, 0.25) is 0 Å². The third-order valence-corrected chi connectivity index (χ3v) is 3.73. The maximum Gasteiger partial charge on any atom is 0.310 e. The number of nitrogens with zero attached hydrogens (tertiary/aromatic N) is 2. The first kappa shape index (κ1) is 19.5. The number of pyridine rings is 1. The Morgan fingerprint density at radius 1 is 1.25 bits per heavy atom. The van der Waals surface area contributed by atoms with Crippen LogP contribution in [0.5, 0.6) is 11.5 Å². The van der Waals surface area contributed by atoms with Gasteiger partial charge in [0.15, 0.2) is 11.4 Å². The van der Waals surface area contributed by atoms with Gasteiger partial charge in [0.25, 0.3) is 5.56 Å². The third-order valence-electron chi connectivity index (χ3n) is 3.73. The van der Waals surface area contributed by atoms with Gasteiger partial charge in [-0.1, -0.05) is 6.07 Å². The van der Waals surface area contributed by atoms with Gasteiger partial charge in [0.2, 0.25) is 0 Å². The summed E-state index contributed by atoms with van der Waals surface area (Å²) in [6.07, 6.45) is 1.28.